The molecule has 1 saturated heterocycles. The summed E-state index contributed by atoms with van der Waals surface area (Å²) in [5.74, 6) is 0. The average molecular weight is 205 g/mol. The summed E-state index contributed by atoms with van der Waals surface area (Å²) in [4.78, 5) is 6.54. The zero-order chi connectivity index (χ0) is 10.5. The largest absolute Gasteiger partial charge is 0.313 e. The second-order valence-electron chi connectivity index (χ2n) is 4.28. The van der Waals surface area contributed by atoms with Crippen molar-refractivity contribution in [2.45, 2.75) is 25.9 Å². The Bertz CT molecular complexity index is 286. The number of hydrogen-bond acceptors (Lipinski definition) is 3. The molecule has 1 aliphatic rings. The highest BCUT2D eigenvalue weighted by molar-refractivity contribution is 5.09. The van der Waals surface area contributed by atoms with Crippen molar-refractivity contribution in [3.05, 3.63) is 30.1 Å². The van der Waals surface area contributed by atoms with E-state index in [4.69, 9.17) is 0 Å². The molecule has 1 unspecified atom stereocenters. The molecule has 1 fully saturated rings. The fourth-order valence-electron chi connectivity index (χ4n) is 1.96. The molecule has 1 atom stereocenters. The molecule has 0 amide bonds. The van der Waals surface area contributed by atoms with Gasteiger partial charge in [0, 0.05) is 44.6 Å². The molecule has 0 saturated carbocycles. The third-order valence-corrected chi connectivity index (χ3v) is 2.95. The van der Waals surface area contributed by atoms with Crippen LogP contribution in [0, 0.1) is 0 Å². The molecule has 1 aromatic heterocycles. The van der Waals surface area contributed by atoms with Crippen LogP contribution in [0.2, 0.25) is 0 Å². The lowest BCUT2D eigenvalue weighted by Crippen LogP contribution is -2.28. The van der Waals surface area contributed by atoms with Crippen molar-refractivity contribution in [1.29, 1.82) is 0 Å². The van der Waals surface area contributed by atoms with Gasteiger partial charge in [-0.2, -0.15) is 0 Å². The van der Waals surface area contributed by atoms with Gasteiger partial charge in [-0.3, -0.25) is 9.88 Å². The Morgan fingerprint density at radius 3 is 3.00 bits per heavy atom. The van der Waals surface area contributed by atoms with Crippen LogP contribution >= 0.6 is 0 Å². The van der Waals surface area contributed by atoms with Gasteiger partial charge in [0.25, 0.3) is 0 Å². The van der Waals surface area contributed by atoms with Gasteiger partial charge in [0.15, 0.2) is 0 Å². The number of nitrogens with one attached hydrogen (secondary N) is 1. The van der Waals surface area contributed by atoms with E-state index in [0.717, 1.165) is 19.6 Å². The Labute approximate surface area is 91.5 Å². The maximum Gasteiger partial charge on any atom is 0.0271 e. The highest BCUT2D eigenvalue weighted by Crippen LogP contribution is 2.06. The van der Waals surface area contributed by atoms with Gasteiger partial charge in [-0.15, -0.1) is 0 Å². The van der Waals surface area contributed by atoms with Crippen molar-refractivity contribution in [1.82, 2.24) is 15.2 Å². The van der Waals surface area contributed by atoms with E-state index in [1.54, 1.807) is 0 Å². The van der Waals surface area contributed by atoms with Gasteiger partial charge in [0.2, 0.25) is 0 Å². The molecule has 0 radical (unpaired) electrons. The Hall–Kier alpha value is -0.930. The Morgan fingerprint density at radius 1 is 1.40 bits per heavy atom. The van der Waals surface area contributed by atoms with Gasteiger partial charge in [0.05, 0.1) is 0 Å². The van der Waals surface area contributed by atoms with Crippen LogP contribution in [0.15, 0.2) is 24.5 Å². The molecule has 15 heavy (non-hydrogen) atoms. The summed E-state index contributed by atoms with van der Waals surface area (Å²) in [5, 5.41) is 3.51. The molecule has 2 rings (SSSR count). The average Bonchev–Trinajstić information content (AvgIpc) is 2.46. The van der Waals surface area contributed by atoms with Crippen molar-refractivity contribution < 1.29 is 0 Å². The van der Waals surface area contributed by atoms with E-state index in [0.29, 0.717) is 6.04 Å². The van der Waals surface area contributed by atoms with Crippen molar-refractivity contribution in [3.8, 4) is 0 Å². The molecule has 2 heterocycles. The van der Waals surface area contributed by atoms with Gasteiger partial charge in [0.1, 0.15) is 0 Å². The van der Waals surface area contributed by atoms with E-state index in [1.807, 2.05) is 12.4 Å². The lowest BCUT2D eigenvalue weighted by Gasteiger charge is -2.19. The summed E-state index contributed by atoms with van der Waals surface area (Å²) in [6.45, 7) is 6.75. The number of hydrogen-bond donors (Lipinski definition) is 1. The first-order chi connectivity index (χ1) is 7.34. The van der Waals surface area contributed by atoms with Gasteiger partial charge < -0.3 is 5.32 Å². The quantitative estimate of drug-likeness (QED) is 0.788. The first-order valence-corrected chi connectivity index (χ1v) is 5.69. The lowest BCUT2D eigenvalue weighted by molar-refractivity contribution is 0.282. The number of pyridine rings is 1. The molecule has 1 N–H and O–H groups in total. The molecule has 3 nitrogen and oxygen atoms in total. The molecule has 0 aliphatic carbocycles. The molecular formula is C12H19N3. The maximum atomic E-state index is 4.04. The van der Waals surface area contributed by atoms with Gasteiger partial charge in [-0.1, -0.05) is 0 Å². The van der Waals surface area contributed by atoms with Gasteiger partial charge >= 0.3 is 0 Å². The molecule has 3 heteroatoms. The second kappa shape index (κ2) is 5.24. The van der Waals surface area contributed by atoms with Crippen molar-refractivity contribution in [2.75, 3.05) is 19.6 Å². The highest BCUT2D eigenvalue weighted by atomic mass is 15.2. The lowest BCUT2D eigenvalue weighted by atomic mass is 10.2. The van der Waals surface area contributed by atoms with E-state index in [9.17, 15) is 0 Å². The van der Waals surface area contributed by atoms with E-state index in [1.165, 1.54) is 18.5 Å². The van der Waals surface area contributed by atoms with Crippen LogP contribution in [0.1, 0.15) is 18.9 Å². The maximum absolute atomic E-state index is 4.04. The Kier molecular flexibility index (Phi) is 3.69. The number of rotatable bonds is 2. The fraction of sp³-hybridized carbons (Fsp3) is 0.583. The molecule has 82 valence electrons. The van der Waals surface area contributed by atoms with E-state index in [-0.39, 0.29) is 0 Å². The Balaban J connectivity index is 1.89. The zero-order valence-electron chi connectivity index (χ0n) is 9.32. The molecule has 0 aromatic carbocycles. The number of nitrogens with zero attached hydrogens (tertiary/aromatic N) is 2. The molecule has 0 spiro atoms. The predicted molar refractivity (Wildman–Crippen MR) is 61.6 cm³/mol. The first kappa shape index (κ1) is 10.6. The molecular weight excluding hydrogens is 186 g/mol. The molecule has 1 aliphatic heterocycles. The minimum absolute atomic E-state index is 0.660. The second-order valence-corrected chi connectivity index (χ2v) is 4.28. The SMILES string of the molecule is CC1CCN(Cc2ccncc2)CCN1. The van der Waals surface area contributed by atoms with Crippen LogP contribution in [0.3, 0.4) is 0 Å². The van der Waals surface area contributed by atoms with Crippen molar-refractivity contribution in [2.24, 2.45) is 0 Å². The first-order valence-electron chi connectivity index (χ1n) is 5.69. The van der Waals surface area contributed by atoms with Crippen molar-refractivity contribution >= 4 is 0 Å². The highest BCUT2D eigenvalue weighted by Gasteiger charge is 2.12. The fourth-order valence-corrected chi connectivity index (χ4v) is 1.96. The standard InChI is InChI=1S/C12H19N3/c1-11-4-8-15(9-7-14-11)10-12-2-5-13-6-3-12/h2-3,5-6,11,14H,4,7-10H2,1H3. The third-order valence-electron chi connectivity index (χ3n) is 2.95. The predicted octanol–water partition coefficient (Wildman–Crippen LogP) is 1.27. The van der Waals surface area contributed by atoms with E-state index in [2.05, 4.69) is 34.3 Å². The van der Waals surface area contributed by atoms with E-state index < -0.39 is 0 Å². The van der Waals surface area contributed by atoms with Gasteiger partial charge in [-0.05, 0) is 31.0 Å². The van der Waals surface area contributed by atoms with Crippen LogP contribution in [0.4, 0.5) is 0 Å². The monoisotopic (exact) mass is 205 g/mol. The summed E-state index contributed by atoms with van der Waals surface area (Å²) >= 11 is 0. The Morgan fingerprint density at radius 2 is 2.20 bits per heavy atom. The van der Waals surface area contributed by atoms with Gasteiger partial charge in [-0.25, -0.2) is 0 Å². The van der Waals surface area contributed by atoms with E-state index >= 15 is 0 Å². The van der Waals surface area contributed by atoms with Crippen LogP contribution in [-0.4, -0.2) is 35.6 Å². The molecule has 1 aromatic rings. The summed E-state index contributed by atoms with van der Waals surface area (Å²) in [6.07, 6.45) is 4.98. The zero-order valence-corrected chi connectivity index (χ0v) is 9.32. The normalized spacial score (nSPS) is 23.7. The summed E-state index contributed by atoms with van der Waals surface area (Å²) in [7, 11) is 0. The van der Waals surface area contributed by atoms with Crippen LogP contribution in [0.5, 0.6) is 0 Å². The van der Waals surface area contributed by atoms with Crippen LogP contribution < -0.4 is 5.32 Å². The smallest absolute Gasteiger partial charge is 0.0271 e. The number of aromatic nitrogens is 1. The van der Waals surface area contributed by atoms with Crippen LogP contribution in [0.25, 0.3) is 0 Å². The minimum atomic E-state index is 0.660. The molecule has 0 bridgehead atoms. The topological polar surface area (TPSA) is 28.2 Å². The van der Waals surface area contributed by atoms with Crippen molar-refractivity contribution in [3.63, 3.8) is 0 Å². The summed E-state index contributed by atoms with van der Waals surface area (Å²) < 4.78 is 0. The van der Waals surface area contributed by atoms with Crippen LogP contribution in [-0.2, 0) is 6.54 Å². The minimum Gasteiger partial charge on any atom is -0.313 e. The summed E-state index contributed by atoms with van der Waals surface area (Å²) in [5.41, 5.74) is 1.36. The summed E-state index contributed by atoms with van der Waals surface area (Å²) in [6, 6.07) is 4.86. The third kappa shape index (κ3) is 3.29.